The number of hydrogen-bond acceptors (Lipinski definition) is 4. The van der Waals surface area contributed by atoms with Crippen molar-refractivity contribution in [3.05, 3.63) is 23.9 Å². The molecule has 57 valence electrons. The van der Waals surface area contributed by atoms with Crippen LogP contribution in [-0.4, -0.2) is 13.4 Å². The van der Waals surface area contributed by atoms with Gasteiger partial charge in [0.25, 0.3) is 0 Å². The average Bonchev–Trinajstić information content (AvgIpc) is 2.05. The molecule has 0 saturated heterocycles. The van der Waals surface area contributed by atoms with E-state index in [1.807, 2.05) is 6.07 Å². The molecule has 0 saturated carbocycles. The van der Waals surface area contributed by atoms with Gasteiger partial charge in [-0.3, -0.25) is 0 Å². The summed E-state index contributed by atoms with van der Waals surface area (Å²) < 4.78 is 11.7. The van der Waals surface area contributed by atoms with Gasteiger partial charge in [-0.15, -0.1) is 0 Å². The highest BCUT2D eigenvalue weighted by molar-refractivity contribution is 8.15. The molecule has 0 aromatic carbocycles. The van der Waals surface area contributed by atoms with Crippen molar-refractivity contribution in [2.45, 2.75) is 6.61 Å². The molecule has 1 radical (unpaired) electrons. The first-order chi connectivity index (χ1) is 5.83. The van der Waals surface area contributed by atoms with E-state index in [9.17, 15) is 0 Å². The lowest BCUT2D eigenvalue weighted by atomic mass is 10.3. The average molecular weight is 169 g/mol. The number of nitrogens with zero attached hydrogens (tertiary/aromatic N) is 1. The Hall–Kier alpha value is -0.675. The molecular weight excluding hydrogens is 159 g/mol. The molecule has 2 N–H and O–H groups in total. The molecular formula is C6H8BN2OS. The van der Waals surface area contributed by atoms with Crippen LogP contribution in [0.5, 0.6) is 0 Å². The Morgan fingerprint density at radius 2 is 2.82 bits per heavy atom. The summed E-state index contributed by atoms with van der Waals surface area (Å²) >= 11 is 0.989. The van der Waals surface area contributed by atoms with Crippen LogP contribution in [-0.2, 0) is 10.8 Å². The second-order valence-corrected chi connectivity index (χ2v) is 2.38. The Morgan fingerprint density at radius 1 is 1.91 bits per heavy atom. The van der Waals surface area contributed by atoms with Crippen molar-refractivity contribution in [2.75, 3.05) is 5.73 Å². The van der Waals surface area contributed by atoms with Crippen LogP contribution in [0.1, 0.15) is 5.56 Å². The van der Waals surface area contributed by atoms with E-state index >= 15 is 0 Å². The van der Waals surface area contributed by atoms with E-state index in [4.69, 9.17) is 11.3 Å². The quantitative estimate of drug-likeness (QED) is 0.408. The minimum absolute atomic E-state index is 0.437. The Morgan fingerprint density at radius 3 is 3.55 bits per heavy atom. The zero-order valence-corrected chi connectivity index (χ0v) is 6.67. The zero-order valence-electron chi connectivity index (χ0n) is 6.86. The summed E-state index contributed by atoms with van der Waals surface area (Å²) in [7, 11) is 1.13. The molecule has 0 aliphatic carbocycles. The molecule has 1 heterocycles. The standard InChI is InChI=1S/C6H8BN2OS/c7-11-10-4-5-1-2-9-6(8)3-5/h1-3,7H,4H2,(H2,8,9)/i7T. The molecule has 0 unspecified atom stereocenters. The lowest BCUT2D eigenvalue weighted by Crippen LogP contribution is -1.92. The smallest absolute Gasteiger partial charge is 0.209 e. The van der Waals surface area contributed by atoms with Crippen LogP contribution in [0.25, 0.3) is 0 Å². The molecule has 0 atom stereocenters. The molecule has 0 aliphatic rings. The van der Waals surface area contributed by atoms with Crippen molar-refractivity contribution in [2.24, 2.45) is 0 Å². The van der Waals surface area contributed by atoms with Crippen molar-refractivity contribution in [3.8, 4) is 0 Å². The summed E-state index contributed by atoms with van der Waals surface area (Å²) in [4.78, 5) is 3.84. The number of nitrogen functional groups attached to an aromatic ring is 1. The predicted octanol–water partition coefficient (Wildman–Crippen LogP) is 0.644. The van der Waals surface area contributed by atoms with Crippen molar-refractivity contribution in [1.29, 1.82) is 1.34 Å². The van der Waals surface area contributed by atoms with Crippen molar-refractivity contribution >= 4 is 24.8 Å². The van der Waals surface area contributed by atoms with Crippen molar-refractivity contribution in [3.63, 3.8) is 0 Å². The van der Waals surface area contributed by atoms with Gasteiger partial charge >= 0.3 is 0 Å². The molecule has 1 aromatic heterocycles. The second kappa shape index (κ2) is 4.25. The van der Waals surface area contributed by atoms with Crippen LogP contribution in [0, 0.1) is 0 Å². The van der Waals surface area contributed by atoms with Crippen LogP contribution in [0.4, 0.5) is 5.82 Å². The first kappa shape index (κ1) is 7.00. The van der Waals surface area contributed by atoms with Crippen molar-refractivity contribution in [1.82, 2.24) is 4.98 Å². The maximum Gasteiger partial charge on any atom is 0.209 e. The second-order valence-electron chi connectivity index (χ2n) is 1.95. The summed E-state index contributed by atoms with van der Waals surface area (Å²) in [6, 6.07) is 3.56. The van der Waals surface area contributed by atoms with E-state index in [1.165, 1.54) is 0 Å². The molecule has 1 rings (SSSR count). The van der Waals surface area contributed by atoms with Gasteiger partial charge in [0.1, 0.15) is 5.82 Å². The largest absolute Gasteiger partial charge is 0.384 e. The number of pyridine rings is 1. The minimum Gasteiger partial charge on any atom is -0.384 e. The third-order valence-corrected chi connectivity index (χ3v) is 1.39. The fourth-order valence-electron chi connectivity index (χ4n) is 0.686. The van der Waals surface area contributed by atoms with Gasteiger partial charge in [0.2, 0.25) is 7.09 Å². The number of nitrogens with two attached hydrogens (primary N) is 1. The minimum atomic E-state index is 0.437. The first-order valence-corrected chi connectivity index (χ1v) is 3.82. The van der Waals surface area contributed by atoms with Gasteiger partial charge in [-0.2, -0.15) is 0 Å². The maximum absolute atomic E-state index is 6.69. The van der Waals surface area contributed by atoms with Gasteiger partial charge < -0.3 is 9.92 Å². The number of hydrogen-bond donors (Lipinski definition) is 1. The van der Waals surface area contributed by atoms with Gasteiger partial charge in [0.05, 0.1) is 6.61 Å². The fourth-order valence-corrected chi connectivity index (χ4v) is 0.890. The zero-order chi connectivity index (χ0) is 8.81. The Kier molecular flexibility index (Phi) is 2.71. The molecule has 0 fully saturated rings. The normalized spacial score (nSPS) is 10.7. The van der Waals surface area contributed by atoms with Gasteiger partial charge in [-0.1, -0.05) is 11.9 Å². The van der Waals surface area contributed by atoms with Gasteiger partial charge in [0.15, 0.2) is 0 Å². The molecule has 0 spiro atoms. The third-order valence-electron chi connectivity index (χ3n) is 1.14. The summed E-state index contributed by atoms with van der Waals surface area (Å²) in [6.45, 7) is 0.437. The Balaban J connectivity index is 2.41. The molecule has 0 amide bonds. The molecule has 0 aliphatic heterocycles. The topological polar surface area (TPSA) is 48.1 Å². The first-order valence-electron chi connectivity index (χ1n) is 3.59. The predicted molar refractivity (Wildman–Crippen MR) is 48.2 cm³/mol. The van der Waals surface area contributed by atoms with Crippen LogP contribution in [0.3, 0.4) is 0 Å². The fraction of sp³-hybridized carbons (Fsp3) is 0.167. The molecule has 5 heteroatoms. The summed E-state index contributed by atoms with van der Waals surface area (Å²) in [6.07, 6.45) is 1.63. The van der Waals surface area contributed by atoms with E-state index in [1.54, 1.807) is 12.3 Å². The maximum atomic E-state index is 6.69. The van der Waals surface area contributed by atoms with Crippen LogP contribution in [0.15, 0.2) is 18.3 Å². The van der Waals surface area contributed by atoms with E-state index in [0.717, 1.165) is 24.5 Å². The molecule has 0 bridgehead atoms. The Bertz CT molecular complexity index is 251. The Labute approximate surface area is 72.2 Å². The van der Waals surface area contributed by atoms with E-state index in [0.29, 0.717) is 12.4 Å². The van der Waals surface area contributed by atoms with Gasteiger partial charge in [-0.25, -0.2) is 4.98 Å². The summed E-state index contributed by atoms with van der Waals surface area (Å²) in [5.74, 6) is 0.482. The van der Waals surface area contributed by atoms with Gasteiger partial charge in [0, 0.05) is 6.20 Å². The van der Waals surface area contributed by atoms with E-state index < -0.39 is 0 Å². The highest BCUT2D eigenvalue weighted by Gasteiger charge is 1.92. The summed E-state index contributed by atoms with van der Waals surface area (Å²) in [5, 5.41) is 0. The van der Waals surface area contributed by atoms with Gasteiger partial charge in [-0.05, 0) is 19.0 Å². The monoisotopic (exact) mass is 169 g/mol. The lowest BCUT2D eigenvalue weighted by molar-refractivity contribution is 0.369. The summed E-state index contributed by atoms with van der Waals surface area (Å²) in [5.41, 5.74) is 6.40. The van der Waals surface area contributed by atoms with Crippen LogP contribution in [0.2, 0.25) is 0 Å². The number of anilines is 1. The highest BCUT2D eigenvalue weighted by Crippen LogP contribution is 2.07. The number of aromatic nitrogens is 1. The van der Waals surface area contributed by atoms with E-state index in [-0.39, 0.29) is 0 Å². The highest BCUT2D eigenvalue weighted by atomic mass is 32.2. The van der Waals surface area contributed by atoms with Crippen molar-refractivity contribution < 1.29 is 4.18 Å². The van der Waals surface area contributed by atoms with E-state index in [2.05, 4.69) is 4.98 Å². The lowest BCUT2D eigenvalue weighted by Gasteiger charge is -2.00. The number of rotatable bonds is 4. The van der Waals surface area contributed by atoms with Crippen LogP contribution < -0.4 is 5.73 Å². The molecule has 3 nitrogen and oxygen atoms in total. The van der Waals surface area contributed by atoms with Crippen LogP contribution >= 0.6 is 11.9 Å². The third kappa shape index (κ3) is 2.82. The molecule has 1 aromatic rings. The SMILES string of the molecule is [3H][B]SOCc1ccnc(N)c1. The molecule has 11 heavy (non-hydrogen) atoms.